The van der Waals surface area contributed by atoms with Gasteiger partial charge in [-0.05, 0) is 103 Å². The highest BCUT2D eigenvalue weighted by Crippen LogP contribution is 2.52. The first-order valence-electron chi connectivity index (χ1n) is 18.1. The van der Waals surface area contributed by atoms with E-state index in [1.54, 1.807) is 27.3 Å². The molecule has 11 heteroatoms. The van der Waals surface area contributed by atoms with Gasteiger partial charge >= 0.3 is 5.69 Å². The van der Waals surface area contributed by atoms with Gasteiger partial charge in [0.1, 0.15) is 23.2 Å². The largest absolute Gasteiger partial charge is 0.497 e. The zero-order valence-electron chi connectivity index (χ0n) is 32.6. The van der Waals surface area contributed by atoms with E-state index in [0.717, 1.165) is 28.2 Å². The lowest BCUT2D eigenvalue weighted by Gasteiger charge is -2.47. The van der Waals surface area contributed by atoms with Crippen molar-refractivity contribution in [3.05, 3.63) is 128 Å². The van der Waals surface area contributed by atoms with E-state index in [1.807, 2.05) is 66.7 Å². The topological polar surface area (TPSA) is 98.3 Å². The summed E-state index contributed by atoms with van der Waals surface area (Å²) in [5, 5.41) is 0. The summed E-state index contributed by atoms with van der Waals surface area (Å²) < 4.78 is 32.1. The molecule has 4 rings (SSSR count). The molecule has 1 atom stereocenters. The van der Waals surface area contributed by atoms with Crippen LogP contribution in [0.25, 0.3) is 0 Å². The van der Waals surface area contributed by atoms with Crippen LogP contribution in [-0.2, 0) is 21.4 Å². The molecule has 0 spiro atoms. The smallest absolute Gasteiger partial charge is 0.328 e. The summed E-state index contributed by atoms with van der Waals surface area (Å²) in [5.74, 6) is 1.45. The first kappa shape index (κ1) is 41.0. The molecule has 0 radical (unpaired) electrons. The van der Waals surface area contributed by atoms with E-state index in [9.17, 15) is 9.59 Å². The van der Waals surface area contributed by atoms with Gasteiger partial charge in [-0.25, -0.2) is 14.1 Å². The van der Waals surface area contributed by atoms with Crippen LogP contribution in [0.5, 0.6) is 11.5 Å². The van der Waals surface area contributed by atoms with Crippen LogP contribution in [0.1, 0.15) is 77.6 Å². The Hall–Kier alpha value is -3.79. The van der Waals surface area contributed by atoms with Crippen LogP contribution in [0.3, 0.4) is 0 Å². The van der Waals surface area contributed by atoms with Crippen LogP contribution in [-0.4, -0.2) is 70.0 Å². The molecular weight excluding hydrogens is 675 g/mol. The number of nitrogens with one attached hydrogen (secondary N) is 1. The van der Waals surface area contributed by atoms with Gasteiger partial charge in [0.15, 0.2) is 8.45 Å². The van der Waals surface area contributed by atoms with Gasteiger partial charge in [-0.1, -0.05) is 54.6 Å². The Morgan fingerprint density at radius 3 is 1.56 bits per heavy atom. The fourth-order valence-corrected chi connectivity index (χ4v) is 9.16. The average molecular weight is 733 g/mol. The second kappa shape index (κ2) is 18.3. The number of hydrogen-bond donors (Lipinski definition) is 1. The molecule has 0 saturated carbocycles. The first-order valence-corrected chi connectivity index (χ1v) is 19.2. The SMILES string of the molecule is COc1ccc(C(OCC(Cn2cc(C)c(=O)[nH]c2=O)OP(N(C(C)C)C(C)C)N(C(C)C)C(C)C)(c2ccccc2)c2ccc(OC)cc2)cc1. The molecule has 0 amide bonds. The Balaban J connectivity index is 1.94. The molecule has 10 nitrogen and oxygen atoms in total. The summed E-state index contributed by atoms with van der Waals surface area (Å²) in [4.78, 5) is 28.1. The molecule has 52 heavy (non-hydrogen) atoms. The maximum atomic E-state index is 13.3. The van der Waals surface area contributed by atoms with Crippen LogP contribution in [0.2, 0.25) is 0 Å². The van der Waals surface area contributed by atoms with Gasteiger partial charge in [0.05, 0.1) is 27.4 Å². The number of benzene rings is 3. The normalized spacial score (nSPS) is 13.0. The van der Waals surface area contributed by atoms with E-state index in [4.69, 9.17) is 18.7 Å². The highest BCUT2D eigenvalue weighted by molar-refractivity contribution is 7.47. The van der Waals surface area contributed by atoms with Crippen molar-refractivity contribution in [1.82, 2.24) is 18.9 Å². The molecule has 0 aliphatic rings. The highest BCUT2D eigenvalue weighted by atomic mass is 31.2. The first-order chi connectivity index (χ1) is 24.7. The summed E-state index contributed by atoms with van der Waals surface area (Å²) in [7, 11) is 1.93. The molecule has 0 aliphatic heterocycles. The fraction of sp³-hybridized carbons (Fsp3) is 0.463. The van der Waals surface area contributed by atoms with Crippen molar-refractivity contribution < 1.29 is 18.7 Å². The Bertz CT molecular complexity index is 1720. The molecule has 1 heterocycles. The Labute approximate surface area is 310 Å². The number of ether oxygens (including phenoxy) is 3. The number of aromatic nitrogens is 2. The van der Waals surface area contributed by atoms with Crippen molar-refractivity contribution in [3.63, 3.8) is 0 Å². The van der Waals surface area contributed by atoms with Crippen molar-refractivity contribution in [2.75, 3.05) is 20.8 Å². The predicted octanol–water partition coefficient (Wildman–Crippen LogP) is 7.72. The van der Waals surface area contributed by atoms with Crippen LogP contribution in [0, 0.1) is 6.92 Å². The van der Waals surface area contributed by atoms with Crippen molar-refractivity contribution in [2.24, 2.45) is 0 Å². The van der Waals surface area contributed by atoms with E-state index < -0.39 is 31.4 Å². The quantitative estimate of drug-likeness (QED) is 0.0821. The number of aromatic amines is 1. The lowest BCUT2D eigenvalue weighted by molar-refractivity contribution is -0.0372. The highest BCUT2D eigenvalue weighted by Gasteiger charge is 2.41. The second-order valence-electron chi connectivity index (χ2n) is 14.2. The lowest BCUT2D eigenvalue weighted by atomic mass is 9.80. The third-order valence-corrected chi connectivity index (χ3v) is 12.1. The van der Waals surface area contributed by atoms with Gasteiger partial charge in [-0.2, -0.15) is 0 Å². The molecule has 4 aromatic rings. The maximum Gasteiger partial charge on any atom is 0.328 e. The third-order valence-electron chi connectivity index (χ3n) is 9.00. The predicted molar refractivity (Wildman–Crippen MR) is 210 cm³/mol. The standard InChI is InChI=1S/C41H57N4O6P/c1-28(2)44(29(3)4)52(45(30(5)6)31(7)8)51-38(26-43-25-32(9)39(46)42-40(43)47)27-50-41(33-15-13-12-14-16-33,34-17-21-36(48-10)22-18-34)35-19-23-37(49-11)24-20-35/h12-25,28-31,38H,26-27H2,1-11H3,(H,42,46,47). The van der Waals surface area contributed by atoms with E-state index in [-0.39, 0.29) is 37.3 Å². The van der Waals surface area contributed by atoms with E-state index in [2.05, 4.69) is 81.8 Å². The van der Waals surface area contributed by atoms with Gasteiger partial charge < -0.3 is 18.7 Å². The van der Waals surface area contributed by atoms with Gasteiger partial charge in [0.2, 0.25) is 0 Å². The number of methoxy groups -OCH3 is 2. The minimum absolute atomic E-state index is 0.102. The summed E-state index contributed by atoms with van der Waals surface area (Å²) in [6.45, 7) is 19.4. The van der Waals surface area contributed by atoms with Crippen LogP contribution in [0.15, 0.2) is 94.6 Å². The fourth-order valence-electron chi connectivity index (χ4n) is 6.73. The van der Waals surface area contributed by atoms with Crippen molar-refractivity contribution in [1.29, 1.82) is 0 Å². The molecule has 1 N–H and O–H groups in total. The lowest BCUT2D eigenvalue weighted by Crippen LogP contribution is -2.46. The molecule has 0 saturated heterocycles. The minimum Gasteiger partial charge on any atom is -0.497 e. The molecule has 0 bridgehead atoms. The number of rotatable bonds is 18. The Morgan fingerprint density at radius 2 is 1.13 bits per heavy atom. The monoisotopic (exact) mass is 732 g/mol. The Morgan fingerprint density at radius 1 is 0.692 bits per heavy atom. The number of H-pyrrole nitrogens is 1. The third kappa shape index (κ3) is 9.41. The van der Waals surface area contributed by atoms with E-state index in [1.165, 1.54) is 4.57 Å². The molecule has 3 aromatic carbocycles. The second-order valence-corrected chi connectivity index (χ2v) is 15.8. The molecule has 0 fully saturated rings. The number of hydrogen-bond acceptors (Lipinski definition) is 8. The zero-order chi connectivity index (χ0) is 38.2. The molecule has 1 aromatic heterocycles. The van der Waals surface area contributed by atoms with Crippen molar-refractivity contribution in [2.45, 2.75) is 105 Å². The summed E-state index contributed by atoms with van der Waals surface area (Å²) in [6.07, 6.45) is 0.983. The number of aryl methyl sites for hydroxylation is 1. The molecule has 1 unspecified atom stereocenters. The van der Waals surface area contributed by atoms with Crippen molar-refractivity contribution in [3.8, 4) is 11.5 Å². The van der Waals surface area contributed by atoms with Gasteiger partial charge in [-0.15, -0.1) is 0 Å². The molecule has 282 valence electrons. The summed E-state index contributed by atoms with van der Waals surface area (Å²) in [6, 6.07) is 26.6. The molecule has 0 aliphatic carbocycles. The summed E-state index contributed by atoms with van der Waals surface area (Å²) in [5.41, 5.74) is 1.13. The van der Waals surface area contributed by atoms with Crippen LogP contribution in [0.4, 0.5) is 0 Å². The Kier molecular flexibility index (Phi) is 14.4. The number of nitrogens with zero attached hydrogens (tertiary/aromatic N) is 3. The summed E-state index contributed by atoms with van der Waals surface area (Å²) >= 11 is 0. The van der Waals surface area contributed by atoms with Crippen LogP contribution >= 0.6 is 8.45 Å². The van der Waals surface area contributed by atoms with E-state index in [0.29, 0.717) is 5.56 Å². The van der Waals surface area contributed by atoms with E-state index >= 15 is 0 Å². The molecular formula is C41H57N4O6P. The van der Waals surface area contributed by atoms with Gasteiger partial charge in [0.25, 0.3) is 5.56 Å². The van der Waals surface area contributed by atoms with Crippen molar-refractivity contribution >= 4 is 8.45 Å². The van der Waals surface area contributed by atoms with Crippen LogP contribution < -0.4 is 20.7 Å². The minimum atomic E-state index is -1.36. The average Bonchev–Trinajstić information content (AvgIpc) is 3.11. The zero-order valence-corrected chi connectivity index (χ0v) is 33.5. The van der Waals surface area contributed by atoms with Gasteiger partial charge in [-0.3, -0.25) is 14.3 Å². The van der Waals surface area contributed by atoms with Gasteiger partial charge in [0, 0.05) is 35.9 Å². The maximum absolute atomic E-state index is 13.3.